The molecule has 1 aromatic carbocycles. The van der Waals surface area contributed by atoms with Gasteiger partial charge in [0.05, 0.1) is 0 Å². The van der Waals surface area contributed by atoms with E-state index in [1.165, 1.54) is 6.07 Å². The molecule has 1 amide bonds. The van der Waals surface area contributed by atoms with Crippen LogP contribution in [0.5, 0.6) is 0 Å². The number of aryl methyl sites for hydroxylation is 1. The molecule has 0 aliphatic rings. The van der Waals surface area contributed by atoms with Gasteiger partial charge in [-0.3, -0.25) is 4.79 Å². The molecule has 3 aromatic rings. The van der Waals surface area contributed by atoms with Gasteiger partial charge in [-0.1, -0.05) is 12.1 Å². The van der Waals surface area contributed by atoms with Gasteiger partial charge >= 0.3 is 6.55 Å². The van der Waals surface area contributed by atoms with E-state index < -0.39 is 12.5 Å². The highest BCUT2D eigenvalue weighted by atomic mass is 19.3. The minimum atomic E-state index is -2.75. The third kappa shape index (κ3) is 3.53. The predicted octanol–water partition coefficient (Wildman–Crippen LogP) is 2.78. The molecule has 3 rings (SSSR count). The van der Waals surface area contributed by atoms with Crippen LogP contribution in [-0.4, -0.2) is 27.2 Å². The average Bonchev–Trinajstić information content (AvgIpc) is 3.17. The molecule has 120 valence electrons. The van der Waals surface area contributed by atoms with Crippen molar-refractivity contribution in [3.8, 4) is 0 Å². The van der Waals surface area contributed by atoms with E-state index in [1.54, 1.807) is 0 Å². The number of nitrogens with zero attached hydrogens (tertiary/aromatic N) is 3. The quantitative estimate of drug-likeness (QED) is 0.709. The number of aromatic nitrogens is 3. The fourth-order valence-corrected chi connectivity index (χ4v) is 2.13. The molecular weight excluding hydrogens is 306 g/mol. The predicted molar refractivity (Wildman–Crippen MR) is 78.1 cm³/mol. The van der Waals surface area contributed by atoms with Crippen LogP contribution in [-0.2, 0) is 6.42 Å². The van der Waals surface area contributed by atoms with Crippen LogP contribution in [0.2, 0.25) is 0 Å². The molecule has 0 fully saturated rings. The summed E-state index contributed by atoms with van der Waals surface area (Å²) in [5, 5.41) is 6.13. The van der Waals surface area contributed by atoms with Crippen LogP contribution in [0, 0.1) is 0 Å². The topological polar surface area (TPSA) is 73.0 Å². The standard InChI is InChI=1S/C15H14F2N4O2/c16-15(17)21-9-7-11(20-21)14(22)18-8-3-6-13-19-10-4-1-2-5-12(10)23-13/h1-2,4-5,7,9,15H,3,6,8H2,(H,18,22). The number of carbonyl (C=O) groups excluding carboxylic acids is 1. The van der Waals surface area contributed by atoms with Gasteiger partial charge < -0.3 is 9.73 Å². The maximum Gasteiger partial charge on any atom is 0.333 e. The SMILES string of the molecule is O=C(NCCCc1nc2ccccc2o1)c1ccn(C(F)F)n1. The number of fused-ring (bicyclic) bond motifs is 1. The Balaban J connectivity index is 1.48. The third-order valence-electron chi connectivity index (χ3n) is 3.23. The van der Waals surface area contributed by atoms with E-state index in [1.807, 2.05) is 24.3 Å². The lowest BCUT2D eigenvalue weighted by Gasteiger charge is -2.02. The number of hydrogen-bond acceptors (Lipinski definition) is 4. The van der Waals surface area contributed by atoms with E-state index in [4.69, 9.17) is 4.42 Å². The van der Waals surface area contributed by atoms with Crippen LogP contribution < -0.4 is 5.32 Å². The summed E-state index contributed by atoms with van der Waals surface area (Å²) >= 11 is 0. The van der Waals surface area contributed by atoms with Crippen molar-refractivity contribution in [1.29, 1.82) is 0 Å². The largest absolute Gasteiger partial charge is 0.441 e. The first-order valence-electron chi connectivity index (χ1n) is 7.09. The Morgan fingerprint density at radius 2 is 2.13 bits per heavy atom. The lowest BCUT2D eigenvalue weighted by molar-refractivity contribution is 0.0560. The number of carbonyl (C=O) groups is 1. The van der Waals surface area contributed by atoms with Crippen molar-refractivity contribution in [3.63, 3.8) is 0 Å². The van der Waals surface area contributed by atoms with E-state index in [0.29, 0.717) is 30.0 Å². The fourth-order valence-electron chi connectivity index (χ4n) is 2.13. The molecule has 0 atom stereocenters. The van der Waals surface area contributed by atoms with Crippen molar-refractivity contribution in [2.24, 2.45) is 0 Å². The van der Waals surface area contributed by atoms with E-state index in [0.717, 1.165) is 17.3 Å². The summed E-state index contributed by atoms with van der Waals surface area (Å²) in [7, 11) is 0. The Labute approximate surface area is 130 Å². The van der Waals surface area contributed by atoms with Crippen molar-refractivity contribution >= 4 is 17.0 Å². The Morgan fingerprint density at radius 1 is 1.30 bits per heavy atom. The molecule has 0 aliphatic carbocycles. The number of rotatable bonds is 6. The number of alkyl halides is 2. The monoisotopic (exact) mass is 320 g/mol. The highest BCUT2D eigenvalue weighted by Gasteiger charge is 2.13. The van der Waals surface area contributed by atoms with E-state index >= 15 is 0 Å². The zero-order valence-corrected chi connectivity index (χ0v) is 12.1. The summed E-state index contributed by atoms with van der Waals surface area (Å²) in [6.07, 6.45) is 2.26. The number of hydrogen-bond donors (Lipinski definition) is 1. The number of para-hydroxylation sites is 2. The molecule has 0 saturated carbocycles. The molecule has 0 aliphatic heterocycles. The second kappa shape index (κ2) is 6.55. The first kappa shape index (κ1) is 15.1. The number of halogens is 2. The molecule has 2 heterocycles. The van der Waals surface area contributed by atoms with Crippen LogP contribution in [0.4, 0.5) is 8.78 Å². The van der Waals surface area contributed by atoms with Gasteiger partial charge in [0.1, 0.15) is 11.2 Å². The molecule has 1 N–H and O–H groups in total. The minimum Gasteiger partial charge on any atom is -0.441 e. The molecule has 6 nitrogen and oxygen atoms in total. The minimum absolute atomic E-state index is 0.0350. The first-order chi connectivity index (χ1) is 11.1. The van der Waals surface area contributed by atoms with Crippen molar-refractivity contribution in [2.45, 2.75) is 19.4 Å². The van der Waals surface area contributed by atoms with Gasteiger partial charge in [0.2, 0.25) is 0 Å². The van der Waals surface area contributed by atoms with Crippen molar-refractivity contribution in [3.05, 3.63) is 48.1 Å². The maximum absolute atomic E-state index is 12.4. The molecule has 0 radical (unpaired) electrons. The van der Waals surface area contributed by atoms with Crippen LogP contribution in [0.25, 0.3) is 11.1 Å². The molecule has 2 aromatic heterocycles. The summed E-state index contributed by atoms with van der Waals surface area (Å²) in [6.45, 7) is -2.38. The summed E-state index contributed by atoms with van der Waals surface area (Å²) < 4.78 is 30.8. The zero-order valence-electron chi connectivity index (χ0n) is 12.1. The third-order valence-corrected chi connectivity index (χ3v) is 3.23. The molecule has 0 spiro atoms. The van der Waals surface area contributed by atoms with Gasteiger partial charge in [0.25, 0.3) is 5.91 Å². The van der Waals surface area contributed by atoms with Crippen LogP contribution in [0.1, 0.15) is 29.3 Å². The van der Waals surface area contributed by atoms with Crippen molar-refractivity contribution < 1.29 is 18.0 Å². The van der Waals surface area contributed by atoms with Crippen LogP contribution in [0.15, 0.2) is 40.9 Å². The Morgan fingerprint density at radius 3 is 2.87 bits per heavy atom. The number of oxazole rings is 1. The molecule has 0 saturated heterocycles. The van der Waals surface area contributed by atoms with Crippen LogP contribution in [0.3, 0.4) is 0 Å². The van der Waals surface area contributed by atoms with Gasteiger partial charge in [0.15, 0.2) is 11.5 Å². The number of nitrogens with one attached hydrogen (secondary N) is 1. The zero-order chi connectivity index (χ0) is 16.2. The maximum atomic E-state index is 12.4. The smallest absolute Gasteiger partial charge is 0.333 e. The summed E-state index contributed by atoms with van der Waals surface area (Å²) in [5.74, 6) is 0.115. The van der Waals surface area contributed by atoms with Gasteiger partial charge in [0, 0.05) is 19.2 Å². The Kier molecular flexibility index (Phi) is 4.31. The average molecular weight is 320 g/mol. The molecule has 23 heavy (non-hydrogen) atoms. The van der Waals surface area contributed by atoms with Crippen molar-refractivity contribution in [2.75, 3.05) is 6.54 Å². The summed E-state index contributed by atoms with van der Waals surface area (Å²) in [6, 6.07) is 8.71. The van der Waals surface area contributed by atoms with Gasteiger partial charge in [-0.25, -0.2) is 9.67 Å². The summed E-state index contributed by atoms with van der Waals surface area (Å²) in [4.78, 5) is 16.1. The van der Waals surface area contributed by atoms with Gasteiger partial charge in [-0.2, -0.15) is 13.9 Å². The van der Waals surface area contributed by atoms with Crippen LogP contribution >= 0.6 is 0 Å². The van der Waals surface area contributed by atoms with E-state index in [-0.39, 0.29) is 5.69 Å². The lowest BCUT2D eigenvalue weighted by atomic mass is 10.3. The normalized spacial score (nSPS) is 11.3. The van der Waals surface area contributed by atoms with Gasteiger partial charge in [-0.05, 0) is 24.6 Å². The molecule has 0 unspecified atom stereocenters. The highest BCUT2D eigenvalue weighted by Crippen LogP contribution is 2.15. The van der Waals surface area contributed by atoms with Gasteiger partial charge in [-0.15, -0.1) is 0 Å². The van der Waals surface area contributed by atoms with Crippen molar-refractivity contribution in [1.82, 2.24) is 20.1 Å². The van der Waals surface area contributed by atoms with E-state index in [9.17, 15) is 13.6 Å². The Hall–Kier alpha value is -2.77. The second-order valence-corrected chi connectivity index (χ2v) is 4.89. The highest BCUT2D eigenvalue weighted by molar-refractivity contribution is 5.92. The van der Waals surface area contributed by atoms with E-state index in [2.05, 4.69) is 15.4 Å². The fraction of sp³-hybridized carbons (Fsp3) is 0.267. The molecule has 8 heteroatoms. The first-order valence-corrected chi connectivity index (χ1v) is 7.09. The number of benzene rings is 1. The Bertz CT molecular complexity index is 780. The molecule has 0 bridgehead atoms. The summed E-state index contributed by atoms with van der Waals surface area (Å²) in [5.41, 5.74) is 1.49. The second-order valence-electron chi connectivity index (χ2n) is 4.89. The lowest BCUT2D eigenvalue weighted by Crippen LogP contribution is -2.25. The molecular formula is C15H14F2N4O2. The number of amides is 1.